The van der Waals surface area contributed by atoms with Crippen molar-refractivity contribution in [1.82, 2.24) is 4.72 Å². The molecule has 0 atom stereocenters. The molecular formula is C11H24N2O2S. The van der Waals surface area contributed by atoms with E-state index in [0.717, 1.165) is 57.9 Å². The van der Waals surface area contributed by atoms with Gasteiger partial charge in [0.15, 0.2) is 0 Å². The number of nitrogens with one attached hydrogen (secondary N) is 1. The van der Waals surface area contributed by atoms with Crippen molar-refractivity contribution in [2.75, 3.05) is 13.1 Å². The summed E-state index contributed by atoms with van der Waals surface area (Å²) in [5.41, 5.74) is 5.38. The van der Waals surface area contributed by atoms with E-state index in [2.05, 4.69) is 4.72 Å². The van der Waals surface area contributed by atoms with E-state index in [1.165, 1.54) is 0 Å². The molecule has 1 saturated carbocycles. The summed E-state index contributed by atoms with van der Waals surface area (Å²) in [7, 11) is -3.03. The lowest BCUT2D eigenvalue weighted by Crippen LogP contribution is -2.33. The summed E-state index contributed by atoms with van der Waals surface area (Å²) in [5, 5.41) is -0.128. The number of unbranched alkanes of at least 4 members (excludes halogenated alkanes) is 3. The van der Waals surface area contributed by atoms with Crippen molar-refractivity contribution in [2.24, 2.45) is 5.73 Å². The van der Waals surface area contributed by atoms with Crippen LogP contribution < -0.4 is 10.5 Å². The van der Waals surface area contributed by atoms with Gasteiger partial charge in [-0.15, -0.1) is 0 Å². The Morgan fingerprint density at radius 1 is 1.06 bits per heavy atom. The van der Waals surface area contributed by atoms with Gasteiger partial charge < -0.3 is 5.73 Å². The molecule has 5 heteroatoms. The SMILES string of the molecule is NCCCCCCNS(=O)(=O)C1CCCC1. The van der Waals surface area contributed by atoms with Crippen LogP contribution in [-0.2, 0) is 10.0 Å². The molecule has 0 bridgehead atoms. The van der Waals surface area contributed by atoms with Gasteiger partial charge in [0.05, 0.1) is 5.25 Å². The van der Waals surface area contributed by atoms with Gasteiger partial charge in [-0.3, -0.25) is 0 Å². The van der Waals surface area contributed by atoms with Crippen molar-refractivity contribution in [3.63, 3.8) is 0 Å². The molecule has 1 aliphatic carbocycles. The quantitative estimate of drug-likeness (QED) is 0.637. The van der Waals surface area contributed by atoms with Gasteiger partial charge in [-0.25, -0.2) is 13.1 Å². The van der Waals surface area contributed by atoms with E-state index < -0.39 is 10.0 Å². The minimum Gasteiger partial charge on any atom is -0.330 e. The monoisotopic (exact) mass is 248 g/mol. The second kappa shape index (κ2) is 7.25. The number of rotatable bonds is 8. The molecule has 3 N–H and O–H groups in total. The molecule has 0 aromatic carbocycles. The number of nitrogens with two attached hydrogens (primary N) is 1. The third-order valence-electron chi connectivity index (χ3n) is 3.18. The molecule has 0 unspecified atom stereocenters. The summed E-state index contributed by atoms with van der Waals surface area (Å²) in [6, 6.07) is 0. The third-order valence-corrected chi connectivity index (χ3v) is 5.13. The van der Waals surface area contributed by atoms with E-state index >= 15 is 0 Å². The van der Waals surface area contributed by atoms with Crippen molar-refractivity contribution in [3.05, 3.63) is 0 Å². The zero-order chi connectivity index (χ0) is 11.9. The smallest absolute Gasteiger partial charge is 0.214 e. The summed E-state index contributed by atoms with van der Waals surface area (Å²) in [4.78, 5) is 0. The summed E-state index contributed by atoms with van der Waals surface area (Å²) in [5.74, 6) is 0. The van der Waals surface area contributed by atoms with Crippen molar-refractivity contribution in [2.45, 2.75) is 56.6 Å². The third kappa shape index (κ3) is 4.80. The van der Waals surface area contributed by atoms with Crippen LogP contribution in [0.4, 0.5) is 0 Å². The zero-order valence-electron chi connectivity index (χ0n) is 9.95. The van der Waals surface area contributed by atoms with Crippen LogP contribution in [0.5, 0.6) is 0 Å². The number of sulfonamides is 1. The predicted octanol–water partition coefficient (Wildman–Crippen LogP) is 1.37. The van der Waals surface area contributed by atoms with Crippen LogP contribution >= 0.6 is 0 Å². The minimum absolute atomic E-state index is 0.128. The Morgan fingerprint density at radius 3 is 2.31 bits per heavy atom. The molecule has 1 rings (SSSR count). The molecule has 0 saturated heterocycles. The Labute approximate surface area is 99.0 Å². The molecule has 0 aliphatic heterocycles. The summed E-state index contributed by atoms with van der Waals surface area (Å²) >= 11 is 0. The molecule has 1 fully saturated rings. The molecule has 4 nitrogen and oxygen atoms in total. The van der Waals surface area contributed by atoms with Gasteiger partial charge in [0.25, 0.3) is 0 Å². The summed E-state index contributed by atoms with van der Waals surface area (Å²) in [6.45, 7) is 1.32. The van der Waals surface area contributed by atoms with Gasteiger partial charge in [-0.1, -0.05) is 25.7 Å². The lowest BCUT2D eigenvalue weighted by atomic mass is 10.2. The van der Waals surface area contributed by atoms with Crippen LogP contribution in [0.1, 0.15) is 51.4 Å². The van der Waals surface area contributed by atoms with Crippen molar-refractivity contribution >= 4 is 10.0 Å². The Bertz CT molecular complexity index is 272. The van der Waals surface area contributed by atoms with Crippen molar-refractivity contribution in [1.29, 1.82) is 0 Å². The zero-order valence-corrected chi connectivity index (χ0v) is 10.8. The molecule has 0 heterocycles. The second-order valence-corrected chi connectivity index (χ2v) is 6.59. The minimum atomic E-state index is -3.03. The van der Waals surface area contributed by atoms with Crippen LogP contribution in [0.15, 0.2) is 0 Å². The molecule has 96 valence electrons. The Hall–Kier alpha value is -0.130. The summed E-state index contributed by atoms with van der Waals surface area (Å²) in [6.07, 6.45) is 7.91. The fourth-order valence-electron chi connectivity index (χ4n) is 2.15. The topological polar surface area (TPSA) is 72.2 Å². The normalized spacial score (nSPS) is 18.1. The average molecular weight is 248 g/mol. The second-order valence-electron chi connectivity index (χ2n) is 4.55. The Morgan fingerprint density at radius 2 is 1.69 bits per heavy atom. The van der Waals surface area contributed by atoms with Crippen LogP contribution in [0, 0.1) is 0 Å². The van der Waals surface area contributed by atoms with Crippen LogP contribution in [0.3, 0.4) is 0 Å². The molecular weight excluding hydrogens is 224 g/mol. The predicted molar refractivity (Wildman–Crippen MR) is 66.7 cm³/mol. The Kier molecular flexibility index (Phi) is 6.31. The van der Waals surface area contributed by atoms with E-state index in [0.29, 0.717) is 6.54 Å². The van der Waals surface area contributed by atoms with Crippen LogP contribution in [0.2, 0.25) is 0 Å². The summed E-state index contributed by atoms with van der Waals surface area (Å²) < 4.78 is 26.3. The van der Waals surface area contributed by atoms with E-state index in [9.17, 15) is 8.42 Å². The highest BCUT2D eigenvalue weighted by Crippen LogP contribution is 2.23. The lowest BCUT2D eigenvalue weighted by molar-refractivity contribution is 0.557. The molecule has 1 aliphatic rings. The van der Waals surface area contributed by atoms with Crippen molar-refractivity contribution < 1.29 is 8.42 Å². The highest BCUT2D eigenvalue weighted by atomic mass is 32.2. The lowest BCUT2D eigenvalue weighted by Gasteiger charge is -2.11. The van der Waals surface area contributed by atoms with E-state index in [4.69, 9.17) is 5.73 Å². The maximum atomic E-state index is 11.8. The van der Waals surface area contributed by atoms with E-state index in [1.54, 1.807) is 0 Å². The van der Waals surface area contributed by atoms with Gasteiger partial charge in [0, 0.05) is 6.54 Å². The maximum Gasteiger partial charge on any atom is 0.214 e. The molecule has 0 radical (unpaired) electrons. The van der Waals surface area contributed by atoms with Crippen LogP contribution in [0.25, 0.3) is 0 Å². The molecule has 16 heavy (non-hydrogen) atoms. The fraction of sp³-hybridized carbons (Fsp3) is 1.00. The fourth-order valence-corrected chi connectivity index (χ4v) is 3.77. The van der Waals surface area contributed by atoms with Gasteiger partial charge in [0.2, 0.25) is 10.0 Å². The number of hydrogen-bond donors (Lipinski definition) is 2. The molecule has 0 aromatic rings. The first-order valence-corrected chi connectivity index (χ1v) is 7.90. The van der Waals surface area contributed by atoms with Gasteiger partial charge in [0.1, 0.15) is 0 Å². The first-order chi connectivity index (χ1) is 7.67. The average Bonchev–Trinajstić information content (AvgIpc) is 2.77. The highest BCUT2D eigenvalue weighted by Gasteiger charge is 2.27. The highest BCUT2D eigenvalue weighted by molar-refractivity contribution is 7.90. The van der Waals surface area contributed by atoms with Gasteiger partial charge in [-0.2, -0.15) is 0 Å². The largest absolute Gasteiger partial charge is 0.330 e. The first-order valence-electron chi connectivity index (χ1n) is 6.35. The van der Waals surface area contributed by atoms with E-state index in [-0.39, 0.29) is 5.25 Å². The number of hydrogen-bond acceptors (Lipinski definition) is 3. The van der Waals surface area contributed by atoms with Crippen LogP contribution in [-0.4, -0.2) is 26.8 Å². The molecule has 0 aromatic heterocycles. The molecule has 0 amide bonds. The molecule has 0 spiro atoms. The maximum absolute atomic E-state index is 11.8. The Balaban J connectivity index is 2.11. The van der Waals surface area contributed by atoms with E-state index in [1.807, 2.05) is 0 Å². The van der Waals surface area contributed by atoms with Gasteiger partial charge in [-0.05, 0) is 32.2 Å². The standard InChI is InChI=1S/C11H24N2O2S/c12-9-5-1-2-6-10-13-16(14,15)11-7-3-4-8-11/h11,13H,1-10,12H2. The first kappa shape index (κ1) is 13.9. The van der Waals surface area contributed by atoms with Gasteiger partial charge >= 0.3 is 0 Å². The van der Waals surface area contributed by atoms with Crippen molar-refractivity contribution in [3.8, 4) is 0 Å².